The van der Waals surface area contributed by atoms with Crippen molar-refractivity contribution >= 4 is 11.8 Å². The van der Waals surface area contributed by atoms with E-state index in [4.69, 9.17) is 9.26 Å². The van der Waals surface area contributed by atoms with Crippen LogP contribution in [0.25, 0.3) is 0 Å². The Morgan fingerprint density at radius 1 is 1.23 bits per heavy atom. The molecule has 31 heavy (non-hydrogen) atoms. The number of nitrogens with zero attached hydrogens (tertiary/aromatic N) is 2. The van der Waals surface area contributed by atoms with Gasteiger partial charge in [-0.2, -0.15) is 0 Å². The van der Waals surface area contributed by atoms with Gasteiger partial charge in [-0.1, -0.05) is 17.3 Å². The maximum atomic E-state index is 12.8. The molecule has 2 heterocycles. The molecule has 0 spiro atoms. The van der Waals surface area contributed by atoms with Crippen molar-refractivity contribution in [2.24, 2.45) is 5.92 Å². The van der Waals surface area contributed by atoms with Crippen molar-refractivity contribution in [3.63, 3.8) is 0 Å². The number of carbonyl (C=O) groups excluding carboxylic acids is 2. The van der Waals surface area contributed by atoms with Crippen LogP contribution in [-0.2, 0) is 11.2 Å². The van der Waals surface area contributed by atoms with Gasteiger partial charge in [0.25, 0.3) is 5.91 Å². The third kappa shape index (κ3) is 5.46. The van der Waals surface area contributed by atoms with Gasteiger partial charge in [-0.3, -0.25) is 9.59 Å². The minimum Gasteiger partial charge on any atom is -0.492 e. The number of likely N-dealkylation sites (tertiary alicyclic amines) is 1. The lowest BCUT2D eigenvalue weighted by Gasteiger charge is -2.33. The van der Waals surface area contributed by atoms with Crippen molar-refractivity contribution in [1.29, 1.82) is 0 Å². The van der Waals surface area contributed by atoms with Crippen LogP contribution in [0.1, 0.15) is 59.5 Å². The molecule has 1 aliphatic carbocycles. The van der Waals surface area contributed by atoms with Gasteiger partial charge in [0.2, 0.25) is 5.91 Å². The van der Waals surface area contributed by atoms with Gasteiger partial charge in [-0.15, -0.1) is 0 Å². The number of carbonyl (C=O) groups is 2. The van der Waals surface area contributed by atoms with Crippen molar-refractivity contribution < 1.29 is 18.8 Å². The van der Waals surface area contributed by atoms with Gasteiger partial charge in [0.05, 0.1) is 17.9 Å². The molecule has 2 fully saturated rings. The van der Waals surface area contributed by atoms with Crippen LogP contribution in [-0.4, -0.2) is 47.6 Å². The molecule has 7 nitrogen and oxygen atoms in total. The fourth-order valence-electron chi connectivity index (χ4n) is 4.16. The van der Waals surface area contributed by atoms with Gasteiger partial charge in [-0.05, 0) is 58.1 Å². The highest BCUT2D eigenvalue weighted by molar-refractivity contribution is 5.97. The van der Waals surface area contributed by atoms with Gasteiger partial charge in [0.15, 0.2) is 0 Å². The van der Waals surface area contributed by atoms with Crippen LogP contribution in [0, 0.1) is 19.8 Å². The molecule has 0 bridgehead atoms. The number of piperidine rings is 1. The van der Waals surface area contributed by atoms with Crippen LogP contribution >= 0.6 is 0 Å². The van der Waals surface area contributed by atoms with Crippen molar-refractivity contribution in [1.82, 2.24) is 15.4 Å². The third-order valence-electron chi connectivity index (χ3n) is 6.16. The quantitative estimate of drug-likeness (QED) is 0.700. The molecule has 1 aliphatic heterocycles. The number of hydrogen-bond donors (Lipinski definition) is 1. The summed E-state index contributed by atoms with van der Waals surface area (Å²) >= 11 is 0. The van der Waals surface area contributed by atoms with E-state index in [0.29, 0.717) is 43.3 Å². The first-order valence-corrected chi connectivity index (χ1v) is 11.2. The second kappa shape index (κ2) is 9.54. The van der Waals surface area contributed by atoms with E-state index in [0.717, 1.165) is 49.2 Å². The fourth-order valence-corrected chi connectivity index (χ4v) is 4.16. The zero-order chi connectivity index (χ0) is 21.8. The van der Waals surface area contributed by atoms with Crippen molar-refractivity contribution in [3.8, 4) is 5.75 Å². The van der Waals surface area contributed by atoms with Crippen LogP contribution in [0.5, 0.6) is 5.75 Å². The lowest BCUT2D eigenvalue weighted by atomic mass is 9.98. The molecule has 1 aromatic heterocycles. The lowest BCUT2D eigenvalue weighted by Crippen LogP contribution is -2.41. The lowest BCUT2D eigenvalue weighted by molar-refractivity contribution is -0.133. The smallest absolute Gasteiger partial charge is 0.255 e. The van der Waals surface area contributed by atoms with E-state index in [1.54, 1.807) is 6.07 Å². The van der Waals surface area contributed by atoms with Gasteiger partial charge in [0, 0.05) is 37.0 Å². The highest BCUT2D eigenvalue weighted by atomic mass is 16.5. The Morgan fingerprint density at radius 3 is 2.77 bits per heavy atom. The molecule has 1 atom stereocenters. The van der Waals surface area contributed by atoms with E-state index in [9.17, 15) is 9.59 Å². The predicted octanol–water partition coefficient (Wildman–Crippen LogP) is 3.43. The van der Waals surface area contributed by atoms with E-state index >= 15 is 0 Å². The number of rotatable bonds is 8. The summed E-state index contributed by atoms with van der Waals surface area (Å²) in [4.78, 5) is 27.2. The number of para-hydroxylation sites is 1. The largest absolute Gasteiger partial charge is 0.492 e. The summed E-state index contributed by atoms with van der Waals surface area (Å²) in [6, 6.07) is 7.70. The maximum absolute atomic E-state index is 12.8. The molecule has 1 unspecified atom stereocenters. The maximum Gasteiger partial charge on any atom is 0.255 e. The molecule has 2 aromatic rings. The second-order valence-corrected chi connectivity index (χ2v) is 8.71. The topological polar surface area (TPSA) is 84.7 Å². The Morgan fingerprint density at radius 2 is 2.03 bits per heavy atom. The Labute approximate surface area is 183 Å². The Bertz CT molecular complexity index is 915. The summed E-state index contributed by atoms with van der Waals surface area (Å²) in [5, 5.41) is 6.99. The summed E-state index contributed by atoms with van der Waals surface area (Å²) in [5.74, 6) is 1.75. The molecule has 1 N–H and O–H groups in total. The highest BCUT2D eigenvalue weighted by Gasteiger charge is 2.27. The van der Waals surface area contributed by atoms with Crippen LogP contribution in [0.4, 0.5) is 0 Å². The number of nitrogens with one attached hydrogen (secondary N) is 1. The molecule has 166 valence electrons. The molecule has 1 saturated carbocycles. The van der Waals surface area contributed by atoms with Gasteiger partial charge in [0.1, 0.15) is 11.5 Å². The average molecular weight is 426 g/mol. The van der Waals surface area contributed by atoms with Crippen LogP contribution in [0.3, 0.4) is 0 Å². The summed E-state index contributed by atoms with van der Waals surface area (Å²) in [7, 11) is 0. The first kappa shape index (κ1) is 21.4. The van der Waals surface area contributed by atoms with Gasteiger partial charge < -0.3 is 19.5 Å². The Kier molecular flexibility index (Phi) is 6.59. The zero-order valence-corrected chi connectivity index (χ0v) is 18.4. The molecular weight excluding hydrogens is 394 g/mol. The number of aryl methyl sites for hydroxylation is 2. The second-order valence-electron chi connectivity index (χ2n) is 8.71. The van der Waals surface area contributed by atoms with E-state index < -0.39 is 0 Å². The first-order chi connectivity index (χ1) is 15.0. The third-order valence-corrected chi connectivity index (χ3v) is 6.16. The summed E-state index contributed by atoms with van der Waals surface area (Å²) in [6.45, 7) is 5.78. The number of amides is 2. The first-order valence-electron chi connectivity index (χ1n) is 11.2. The van der Waals surface area contributed by atoms with Crippen LogP contribution < -0.4 is 10.1 Å². The molecule has 1 aromatic carbocycles. The van der Waals surface area contributed by atoms with Gasteiger partial charge in [-0.25, -0.2) is 0 Å². The number of benzene rings is 1. The molecule has 0 radical (unpaired) electrons. The standard InChI is InChI=1S/C24H31N3O4/c1-16-20(17(2)31-26-16)11-12-23(28)27-13-5-6-18(14-27)15-30-22-8-4-3-7-21(22)24(29)25-19-9-10-19/h3-4,7-8,18-19H,5-6,9-15H2,1-2H3,(H,25,29). The minimum atomic E-state index is -0.0714. The minimum absolute atomic E-state index is 0.0714. The fraction of sp³-hybridized carbons (Fsp3) is 0.542. The number of hydrogen-bond acceptors (Lipinski definition) is 5. The van der Waals surface area contributed by atoms with Crippen LogP contribution in [0.2, 0.25) is 0 Å². The molecule has 7 heteroatoms. The Hall–Kier alpha value is -2.83. The van der Waals surface area contributed by atoms with E-state index in [2.05, 4.69) is 10.5 Å². The van der Waals surface area contributed by atoms with Crippen molar-refractivity contribution in [2.45, 2.75) is 58.4 Å². The number of ether oxygens (including phenoxy) is 1. The Balaban J connectivity index is 1.29. The monoisotopic (exact) mass is 425 g/mol. The average Bonchev–Trinajstić information content (AvgIpc) is 3.54. The molecular formula is C24H31N3O4. The molecule has 4 rings (SSSR count). The molecule has 1 saturated heterocycles. The van der Waals surface area contributed by atoms with E-state index in [1.807, 2.05) is 36.9 Å². The molecule has 2 aliphatic rings. The van der Waals surface area contributed by atoms with E-state index in [-0.39, 0.29) is 17.7 Å². The van der Waals surface area contributed by atoms with Crippen molar-refractivity contribution in [3.05, 3.63) is 46.8 Å². The summed E-state index contributed by atoms with van der Waals surface area (Å²) in [6.07, 6.45) is 5.20. The zero-order valence-electron chi connectivity index (χ0n) is 18.4. The van der Waals surface area contributed by atoms with Gasteiger partial charge >= 0.3 is 0 Å². The molecule has 2 amide bonds. The summed E-state index contributed by atoms with van der Waals surface area (Å²) in [5.41, 5.74) is 2.48. The van der Waals surface area contributed by atoms with E-state index in [1.165, 1.54) is 0 Å². The summed E-state index contributed by atoms with van der Waals surface area (Å²) < 4.78 is 11.3. The highest BCUT2D eigenvalue weighted by Crippen LogP contribution is 2.25. The number of aromatic nitrogens is 1. The van der Waals surface area contributed by atoms with Crippen molar-refractivity contribution in [2.75, 3.05) is 19.7 Å². The predicted molar refractivity (Wildman–Crippen MR) is 116 cm³/mol. The SMILES string of the molecule is Cc1noc(C)c1CCC(=O)N1CCCC(COc2ccccc2C(=O)NC2CC2)C1. The normalized spacial score (nSPS) is 18.6. The van der Waals surface area contributed by atoms with Crippen LogP contribution in [0.15, 0.2) is 28.8 Å².